The molecule has 0 N–H and O–H groups in total. The Labute approximate surface area is 98.9 Å². The molecule has 0 unspecified atom stereocenters. The van der Waals surface area contributed by atoms with Crippen molar-refractivity contribution in [2.75, 3.05) is 0 Å². The molecule has 0 aliphatic rings. The first-order valence-electron chi connectivity index (χ1n) is 4.93. The SMILES string of the molecule is O=Cc1cccnc1Cc1cccc(Cl)c1. The lowest BCUT2D eigenvalue weighted by Crippen LogP contribution is -1.97. The molecule has 0 bridgehead atoms. The highest BCUT2D eigenvalue weighted by molar-refractivity contribution is 6.30. The van der Waals surface area contributed by atoms with Gasteiger partial charge in [0.2, 0.25) is 0 Å². The summed E-state index contributed by atoms with van der Waals surface area (Å²) < 4.78 is 0. The van der Waals surface area contributed by atoms with Crippen LogP contribution in [-0.4, -0.2) is 11.3 Å². The minimum Gasteiger partial charge on any atom is -0.298 e. The van der Waals surface area contributed by atoms with Gasteiger partial charge in [-0.15, -0.1) is 0 Å². The van der Waals surface area contributed by atoms with Crippen LogP contribution in [0.4, 0.5) is 0 Å². The predicted octanol–water partition coefficient (Wildman–Crippen LogP) is 3.14. The molecule has 0 saturated heterocycles. The van der Waals surface area contributed by atoms with E-state index in [4.69, 9.17) is 11.6 Å². The van der Waals surface area contributed by atoms with Crippen LogP contribution in [0.2, 0.25) is 5.02 Å². The van der Waals surface area contributed by atoms with Gasteiger partial charge in [-0.2, -0.15) is 0 Å². The largest absolute Gasteiger partial charge is 0.298 e. The van der Waals surface area contributed by atoms with Gasteiger partial charge in [0.05, 0.1) is 5.69 Å². The fourth-order valence-electron chi connectivity index (χ4n) is 1.55. The van der Waals surface area contributed by atoms with E-state index in [0.717, 1.165) is 17.5 Å². The van der Waals surface area contributed by atoms with E-state index in [1.54, 1.807) is 18.3 Å². The van der Waals surface area contributed by atoms with Gasteiger partial charge in [-0.25, -0.2) is 0 Å². The molecule has 0 amide bonds. The number of benzene rings is 1. The zero-order valence-electron chi connectivity index (χ0n) is 8.56. The maximum atomic E-state index is 10.8. The van der Waals surface area contributed by atoms with Crippen molar-refractivity contribution in [1.82, 2.24) is 4.98 Å². The summed E-state index contributed by atoms with van der Waals surface area (Å²) in [5.41, 5.74) is 2.46. The van der Waals surface area contributed by atoms with Crippen molar-refractivity contribution in [3.8, 4) is 0 Å². The van der Waals surface area contributed by atoms with Gasteiger partial charge in [0.15, 0.2) is 6.29 Å². The third kappa shape index (κ3) is 2.47. The van der Waals surface area contributed by atoms with E-state index < -0.39 is 0 Å². The molecule has 0 saturated carbocycles. The maximum absolute atomic E-state index is 10.8. The Bertz CT molecular complexity index is 511. The van der Waals surface area contributed by atoms with Crippen molar-refractivity contribution in [2.24, 2.45) is 0 Å². The molecule has 0 aliphatic heterocycles. The van der Waals surface area contributed by atoms with Crippen molar-refractivity contribution >= 4 is 17.9 Å². The van der Waals surface area contributed by atoms with Crippen LogP contribution in [0.25, 0.3) is 0 Å². The third-order valence-corrected chi connectivity index (χ3v) is 2.55. The Balaban J connectivity index is 2.30. The van der Waals surface area contributed by atoms with Crippen LogP contribution in [0.5, 0.6) is 0 Å². The first kappa shape index (κ1) is 10.8. The van der Waals surface area contributed by atoms with Gasteiger partial charge in [0, 0.05) is 23.2 Å². The van der Waals surface area contributed by atoms with Crippen molar-refractivity contribution in [3.63, 3.8) is 0 Å². The van der Waals surface area contributed by atoms with Crippen LogP contribution >= 0.6 is 11.6 Å². The van der Waals surface area contributed by atoms with E-state index >= 15 is 0 Å². The molecule has 0 fully saturated rings. The lowest BCUT2D eigenvalue weighted by atomic mass is 10.1. The second-order valence-electron chi connectivity index (χ2n) is 3.46. The van der Waals surface area contributed by atoms with Crippen LogP contribution in [0.1, 0.15) is 21.6 Å². The highest BCUT2D eigenvalue weighted by atomic mass is 35.5. The summed E-state index contributed by atoms with van der Waals surface area (Å²) in [5, 5.41) is 0.695. The van der Waals surface area contributed by atoms with E-state index in [0.29, 0.717) is 17.0 Å². The average Bonchev–Trinajstić information content (AvgIpc) is 2.30. The van der Waals surface area contributed by atoms with E-state index in [1.165, 1.54) is 0 Å². The van der Waals surface area contributed by atoms with Gasteiger partial charge < -0.3 is 0 Å². The van der Waals surface area contributed by atoms with E-state index in [-0.39, 0.29) is 0 Å². The highest BCUT2D eigenvalue weighted by Crippen LogP contribution is 2.15. The molecule has 1 aromatic heterocycles. The van der Waals surface area contributed by atoms with Crippen molar-refractivity contribution in [3.05, 3.63) is 64.4 Å². The zero-order chi connectivity index (χ0) is 11.4. The average molecular weight is 232 g/mol. The summed E-state index contributed by atoms with van der Waals surface area (Å²) in [6, 6.07) is 11.1. The summed E-state index contributed by atoms with van der Waals surface area (Å²) in [7, 11) is 0. The van der Waals surface area contributed by atoms with Crippen molar-refractivity contribution in [1.29, 1.82) is 0 Å². The van der Waals surface area contributed by atoms with Crippen LogP contribution < -0.4 is 0 Å². The normalized spacial score (nSPS) is 10.1. The number of halogens is 1. The number of nitrogens with zero attached hydrogens (tertiary/aromatic N) is 1. The topological polar surface area (TPSA) is 30.0 Å². The number of rotatable bonds is 3. The number of hydrogen-bond donors (Lipinski definition) is 0. The van der Waals surface area contributed by atoms with Crippen molar-refractivity contribution in [2.45, 2.75) is 6.42 Å². The Kier molecular flexibility index (Phi) is 3.32. The van der Waals surface area contributed by atoms with Gasteiger partial charge in [-0.05, 0) is 29.8 Å². The number of pyridine rings is 1. The number of aromatic nitrogens is 1. The first-order valence-corrected chi connectivity index (χ1v) is 5.31. The predicted molar refractivity (Wildman–Crippen MR) is 63.9 cm³/mol. The summed E-state index contributed by atoms with van der Waals surface area (Å²) in [5.74, 6) is 0. The Hall–Kier alpha value is -1.67. The van der Waals surface area contributed by atoms with Crippen LogP contribution in [0.3, 0.4) is 0 Å². The summed E-state index contributed by atoms with van der Waals surface area (Å²) in [6.45, 7) is 0. The first-order chi connectivity index (χ1) is 7.79. The molecule has 0 aliphatic carbocycles. The van der Waals surface area contributed by atoms with E-state index in [2.05, 4.69) is 4.98 Å². The van der Waals surface area contributed by atoms with Crippen LogP contribution in [0, 0.1) is 0 Å². The standard InChI is InChI=1S/C13H10ClNO/c14-12-5-1-3-10(7-12)8-13-11(9-16)4-2-6-15-13/h1-7,9H,8H2. The summed E-state index contributed by atoms with van der Waals surface area (Å²) >= 11 is 5.89. The molecule has 0 atom stereocenters. The molecule has 0 spiro atoms. The van der Waals surface area contributed by atoms with E-state index in [9.17, 15) is 4.79 Å². The zero-order valence-corrected chi connectivity index (χ0v) is 9.32. The van der Waals surface area contributed by atoms with Gasteiger partial charge in [0.1, 0.15) is 0 Å². The molecule has 3 heteroatoms. The Morgan fingerprint density at radius 3 is 2.88 bits per heavy atom. The highest BCUT2D eigenvalue weighted by Gasteiger charge is 2.03. The van der Waals surface area contributed by atoms with Gasteiger partial charge >= 0.3 is 0 Å². The molecule has 2 rings (SSSR count). The van der Waals surface area contributed by atoms with Crippen LogP contribution in [0.15, 0.2) is 42.6 Å². The molecule has 1 aromatic carbocycles. The van der Waals surface area contributed by atoms with Gasteiger partial charge in [-0.3, -0.25) is 9.78 Å². The van der Waals surface area contributed by atoms with Crippen molar-refractivity contribution < 1.29 is 4.79 Å². The molecular weight excluding hydrogens is 222 g/mol. The molecule has 80 valence electrons. The fraction of sp³-hybridized carbons (Fsp3) is 0.0769. The molecule has 1 heterocycles. The molecular formula is C13H10ClNO. The number of carbonyl (C=O) groups excluding carboxylic acids is 1. The lowest BCUT2D eigenvalue weighted by Gasteiger charge is -2.03. The quantitative estimate of drug-likeness (QED) is 0.760. The van der Waals surface area contributed by atoms with Gasteiger partial charge in [0.25, 0.3) is 0 Å². The molecule has 0 radical (unpaired) electrons. The second-order valence-corrected chi connectivity index (χ2v) is 3.90. The molecule has 2 nitrogen and oxygen atoms in total. The number of aldehydes is 1. The smallest absolute Gasteiger partial charge is 0.151 e. The number of hydrogen-bond acceptors (Lipinski definition) is 2. The van der Waals surface area contributed by atoms with Gasteiger partial charge in [-0.1, -0.05) is 23.7 Å². The fourth-order valence-corrected chi connectivity index (χ4v) is 1.76. The summed E-state index contributed by atoms with van der Waals surface area (Å²) in [6.07, 6.45) is 3.13. The maximum Gasteiger partial charge on any atom is 0.151 e. The Morgan fingerprint density at radius 2 is 2.12 bits per heavy atom. The molecule has 2 aromatic rings. The minimum absolute atomic E-state index is 0.621. The summed E-state index contributed by atoms with van der Waals surface area (Å²) in [4.78, 5) is 15.0. The monoisotopic (exact) mass is 231 g/mol. The number of carbonyl (C=O) groups is 1. The minimum atomic E-state index is 0.621. The lowest BCUT2D eigenvalue weighted by molar-refractivity contribution is 0.112. The Morgan fingerprint density at radius 1 is 1.25 bits per heavy atom. The molecule has 16 heavy (non-hydrogen) atoms. The van der Waals surface area contributed by atoms with E-state index in [1.807, 2.05) is 24.3 Å². The van der Waals surface area contributed by atoms with Crippen LogP contribution in [-0.2, 0) is 6.42 Å². The second kappa shape index (κ2) is 4.90. The third-order valence-electron chi connectivity index (χ3n) is 2.31.